The van der Waals surface area contributed by atoms with E-state index in [0.717, 1.165) is 5.06 Å². The summed E-state index contributed by atoms with van der Waals surface area (Å²) in [7, 11) is 2.91. The molecular weight excluding hydrogens is 234 g/mol. The van der Waals surface area contributed by atoms with Gasteiger partial charge in [-0.1, -0.05) is 12.1 Å². The van der Waals surface area contributed by atoms with E-state index >= 15 is 0 Å². The number of nitrogens with zero attached hydrogens (tertiary/aromatic N) is 1. The zero-order valence-electron chi connectivity index (χ0n) is 10.9. The van der Waals surface area contributed by atoms with E-state index < -0.39 is 6.10 Å². The van der Waals surface area contributed by atoms with E-state index in [2.05, 4.69) is 0 Å². The van der Waals surface area contributed by atoms with Gasteiger partial charge in [0.15, 0.2) is 0 Å². The highest BCUT2D eigenvalue weighted by molar-refractivity contribution is 5.75. The molecule has 0 saturated carbocycles. The van der Waals surface area contributed by atoms with Crippen LogP contribution in [0.1, 0.15) is 25.0 Å². The van der Waals surface area contributed by atoms with E-state index in [-0.39, 0.29) is 12.3 Å². The summed E-state index contributed by atoms with van der Waals surface area (Å²) in [5.41, 5.74) is 0.652. The Labute approximate surface area is 107 Å². The van der Waals surface area contributed by atoms with Gasteiger partial charge < -0.3 is 9.84 Å². The van der Waals surface area contributed by atoms with Crippen LogP contribution in [0.2, 0.25) is 0 Å². The lowest BCUT2D eigenvalue weighted by Crippen LogP contribution is -2.26. The van der Waals surface area contributed by atoms with Crippen molar-refractivity contribution in [2.75, 3.05) is 20.8 Å². The van der Waals surface area contributed by atoms with E-state index in [0.29, 0.717) is 17.9 Å². The summed E-state index contributed by atoms with van der Waals surface area (Å²) in [6.07, 6.45) is -0.893. The SMILES string of the molecule is CCOc1cccc(C(O)CC(=O)N(C)OC)c1. The van der Waals surface area contributed by atoms with Gasteiger partial charge in [-0.3, -0.25) is 9.63 Å². The summed E-state index contributed by atoms with van der Waals surface area (Å²) in [5.74, 6) is 0.397. The minimum atomic E-state index is -0.865. The molecule has 0 fully saturated rings. The number of rotatable bonds is 6. The minimum Gasteiger partial charge on any atom is -0.494 e. The Bertz CT molecular complexity index is 394. The average molecular weight is 253 g/mol. The lowest BCUT2D eigenvalue weighted by Gasteiger charge is -2.17. The molecule has 0 spiro atoms. The number of carbonyl (C=O) groups excluding carboxylic acids is 1. The van der Waals surface area contributed by atoms with Crippen LogP contribution >= 0.6 is 0 Å². The van der Waals surface area contributed by atoms with Gasteiger partial charge in [0.25, 0.3) is 0 Å². The summed E-state index contributed by atoms with van der Waals surface area (Å²) in [6, 6.07) is 7.08. The number of hydrogen-bond donors (Lipinski definition) is 1. The lowest BCUT2D eigenvalue weighted by molar-refractivity contribution is -0.170. The fraction of sp³-hybridized carbons (Fsp3) is 0.462. The molecule has 0 aliphatic rings. The predicted octanol–water partition coefficient (Wildman–Crippen LogP) is 1.53. The summed E-state index contributed by atoms with van der Waals surface area (Å²) >= 11 is 0. The Hall–Kier alpha value is -1.59. The third-order valence-electron chi connectivity index (χ3n) is 2.55. The number of hydroxylamine groups is 2. The Morgan fingerprint density at radius 3 is 2.83 bits per heavy atom. The Morgan fingerprint density at radius 1 is 1.50 bits per heavy atom. The average Bonchev–Trinajstić information content (AvgIpc) is 2.38. The summed E-state index contributed by atoms with van der Waals surface area (Å²) < 4.78 is 5.34. The van der Waals surface area contributed by atoms with Gasteiger partial charge >= 0.3 is 0 Å². The fourth-order valence-corrected chi connectivity index (χ4v) is 1.49. The van der Waals surface area contributed by atoms with Gasteiger partial charge in [0, 0.05) is 7.05 Å². The number of benzene rings is 1. The van der Waals surface area contributed by atoms with Crippen molar-refractivity contribution >= 4 is 5.91 Å². The summed E-state index contributed by atoms with van der Waals surface area (Å²) in [4.78, 5) is 16.3. The number of carbonyl (C=O) groups is 1. The molecule has 0 aliphatic carbocycles. The molecule has 1 aromatic carbocycles. The molecule has 5 nitrogen and oxygen atoms in total. The molecule has 18 heavy (non-hydrogen) atoms. The number of aliphatic hydroxyl groups is 1. The van der Waals surface area contributed by atoms with Crippen LogP contribution in [-0.4, -0.2) is 36.8 Å². The molecule has 1 rings (SSSR count). The number of aliphatic hydroxyl groups excluding tert-OH is 1. The van der Waals surface area contributed by atoms with Crippen molar-refractivity contribution in [2.24, 2.45) is 0 Å². The molecule has 0 aliphatic heterocycles. The highest BCUT2D eigenvalue weighted by atomic mass is 16.7. The number of hydrogen-bond acceptors (Lipinski definition) is 4. The van der Waals surface area contributed by atoms with Crippen LogP contribution in [0, 0.1) is 0 Å². The van der Waals surface area contributed by atoms with Gasteiger partial charge in [0.1, 0.15) is 5.75 Å². The third kappa shape index (κ3) is 4.01. The van der Waals surface area contributed by atoms with Crippen LogP contribution in [0.15, 0.2) is 24.3 Å². The number of amides is 1. The van der Waals surface area contributed by atoms with Crippen LogP contribution in [0.4, 0.5) is 0 Å². The molecule has 0 heterocycles. The predicted molar refractivity (Wildman–Crippen MR) is 67.0 cm³/mol. The van der Waals surface area contributed by atoms with Gasteiger partial charge in [-0.05, 0) is 24.6 Å². The first-order valence-corrected chi connectivity index (χ1v) is 5.80. The molecule has 1 amide bonds. The maximum absolute atomic E-state index is 11.6. The van der Waals surface area contributed by atoms with Crippen molar-refractivity contribution in [1.29, 1.82) is 0 Å². The molecular formula is C13H19NO4. The van der Waals surface area contributed by atoms with Crippen molar-refractivity contribution in [2.45, 2.75) is 19.4 Å². The van der Waals surface area contributed by atoms with Gasteiger partial charge in [0.05, 0.1) is 26.2 Å². The van der Waals surface area contributed by atoms with Crippen molar-refractivity contribution in [3.8, 4) is 5.75 Å². The van der Waals surface area contributed by atoms with Crippen molar-refractivity contribution in [1.82, 2.24) is 5.06 Å². The molecule has 1 aromatic rings. The molecule has 1 N–H and O–H groups in total. The minimum absolute atomic E-state index is 0.0279. The second-order valence-corrected chi connectivity index (χ2v) is 3.80. The first-order valence-electron chi connectivity index (χ1n) is 5.80. The highest BCUT2D eigenvalue weighted by Gasteiger charge is 2.16. The number of ether oxygens (including phenoxy) is 1. The monoisotopic (exact) mass is 253 g/mol. The summed E-state index contributed by atoms with van der Waals surface area (Å²) in [5, 5.41) is 11.1. The van der Waals surface area contributed by atoms with Gasteiger partial charge in [-0.2, -0.15) is 0 Å². The molecule has 0 saturated heterocycles. The standard InChI is InChI=1S/C13H19NO4/c1-4-18-11-7-5-6-10(8-11)12(15)9-13(16)14(2)17-3/h5-8,12,15H,4,9H2,1-3H3. The van der Waals surface area contributed by atoms with Crippen molar-refractivity contribution in [3.05, 3.63) is 29.8 Å². The van der Waals surface area contributed by atoms with Gasteiger partial charge in [-0.25, -0.2) is 5.06 Å². The molecule has 0 aromatic heterocycles. The first kappa shape index (κ1) is 14.5. The fourth-order valence-electron chi connectivity index (χ4n) is 1.49. The van der Waals surface area contributed by atoms with Gasteiger partial charge in [0.2, 0.25) is 5.91 Å². The Kier molecular flexibility index (Phi) is 5.61. The van der Waals surface area contributed by atoms with Crippen LogP contribution in [0.5, 0.6) is 5.75 Å². The van der Waals surface area contributed by atoms with Crippen LogP contribution in [0.3, 0.4) is 0 Å². The molecule has 100 valence electrons. The lowest BCUT2D eigenvalue weighted by atomic mass is 10.1. The van der Waals surface area contributed by atoms with E-state index in [4.69, 9.17) is 9.57 Å². The second-order valence-electron chi connectivity index (χ2n) is 3.80. The largest absolute Gasteiger partial charge is 0.494 e. The van der Waals surface area contributed by atoms with E-state index in [9.17, 15) is 9.90 Å². The van der Waals surface area contributed by atoms with Crippen LogP contribution in [0.25, 0.3) is 0 Å². The zero-order valence-corrected chi connectivity index (χ0v) is 10.9. The molecule has 0 radical (unpaired) electrons. The quantitative estimate of drug-likeness (QED) is 0.781. The molecule has 0 bridgehead atoms. The smallest absolute Gasteiger partial charge is 0.248 e. The topological polar surface area (TPSA) is 59.0 Å². The first-order chi connectivity index (χ1) is 8.58. The van der Waals surface area contributed by atoms with Gasteiger partial charge in [-0.15, -0.1) is 0 Å². The maximum Gasteiger partial charge on any atom is 0.248 e. The zero-order chi connectivity index (χ0) is 13.5. The van der Waals surface area contributed by atoms with E-state index in [1.54, 1.807) is 18.2 Å². The molecule has 1 atom stereocenters. The van der Waals surface area contributed by atoms with Crippen molar-refractivity contribution in [3.63, 3.8) is 0 Å². The molecule has 5 heteroatoms. The normalized spacial score (nSPS) is 12.0. The Morgan fingerprint density at radius 2 is 2.22 bits per heavy atom. The highest BCUT2D eigenvalue weighted by Crippen LogP contribution is 2.22. The van der Waals surface area contributed by atoms with Crippen molar-refractivity contribution < 1.29 is 19.5 Å². The van der Waals surface area contributed by atoms with E-state index in [1.165, 1.54) is 14.2 Å². The van der Waals surface area contributed by atoms with Crippen LogP contribution < -0.4 is 4.74 Å². The summed E-state index contributed by atoms with van der Waals surface area (Å²) in [6.45, 7) is 2.45. The third-order valence-corrected chi connectivity index (χ3v) is 2.55. The Balaban J connectivity index is 2.68. The maximum atomic E-state index is 11.6. The second kappa shape index (κ2) is 6.98. The van der Waals surface area contributed by atoms with Crippen LogP contribution in [-0.2, 0) is 9.63 Å². The van der Waals surface area contributed by atoms with E-state index in [1.807, 2.05) is 13.0 Å². The molecule has 1 unspecified atom stereocenters.